The molecule has 1 unspecified atom stereocenters. The van der Waals surface area contributed by atoms with Crippen LogP contribution in [0, 0.1) is 0 Å². The Morgan fingerprint density at radius 3 is 2.57 bits per heavy atom. The van der Waals surface area contributed by atoms with Gasteiger partial charge in [0.25, 0.3) is 0 Å². The molecule has 2 nitrogen and oxygen atoms in total. The molecule has 0 aliphatic rings. The minimum atomic E-state index is 0.425. The fourth-order valence-electron chi connectivity index (χ4n) is 2.45. The molecule has 1 N–H and O–H groups in total. The molecule has 0 spiro atoms. The lowest BCUT2D eigenvalue weighted by atomic mass is 9.92. The summed E-state index contributed by atoms with van der Waals surface area (Å²) in [6.45, 7) is 4.06. The Labute approximate surface area is 132 Å². The van der Waals surface area contributed by atoms with Gasteiger partial charge in [-0.2, -0.15) is 0 Å². The lowest BCUT2D eigenvalue weighted by Crippen LogP contribution is -2.22. The molecule has 0 bridgehead atoms. The summed E-state index contributed by atoms with van der Waals surface area (Å²) in [6, 6.07) is 16.4. The van der Waals surface area contributed by atoms with Crippen LogP contribution in [0.15, 0.2) is 48.5 Å². The molecule has 21 heavy (non-hydrogen) atoms. The first-order valence-corrected chi connectivity index (χ1v) is 7.69. The molecule has 0 amide bonds. The molecular weight excluding hydrogens is 282 g/mol. The van der Waals surface area contributed by atoms with E-state index in [9.17, 15) is 0 Å². The number of hydrogen-bond donors (Lipinski definition) is 1. The molecule has 0 aromatic heterocycles. The van der Waals surface area contributed by atoms with Gasteiger partial charge in [-0.15, -0.1) is 0 Å². The van der Waals surface area contributed by atoms with Gasteiger partial charge in [-0.1, -0.05) is 42.8 Å². The van der Waals surface area contributed by atoms with Crippen molar-refractivity contribution in [3.05, 3.63) is 64.7 Å². The van der Waals surface area contributed by atoms with E-state index in [1.807, 2.05) is 24.3 Å². The van der Waals surface area contributed by atoms with Crippen LogP contribution >= 0.6 is 11.6 Å². The molecule has 2 rings (SSSR count). The Kier molecular flexibility index (Phi) is 6.09. The Morgan fingerprint density at radius 1 is 1.14 bits per heavy atom. The number of rotatable bonds is 7. The summed E-state index contributed by atoms with van der Waals surface area (Å²) in [6.07, 6.45) is 0.978. The minimum Gasteiger partial charge on any atom is -0.497 e. The summed E-state index contributed by atoms with van der Waals surface area (Å²) >= 11 is 5.99. The quantitative estimate of drug-likeness (QED) is 0.824. The number of methoxy groups -OCH3 is 1. The molecule has 0 fully saturated rings. The summed E-state index contributed by atoms with van der Waals surface area (Å²) in [7, 11) is 1.70. The zero-order chi connectivity index (χ0) is 15.1. The van der Waals surface area contributed by atoms with Gasteiger partial charge in [0.15, 0.2) is 0 Å². The van der Waals surface area contributed by atoms with E-state index in [0.29, 0.717) is 5.92 Å². The van der Waals surface area contributed by atoms with Crippen LogP contribution in [0.1, 0.15) is 24.0 Å². The maximum absolute atomic E-state index is 5.99. The van der Waals surface area contributed by atoms with E-state index in [2.05, 4.69) is 36.5 Å². The molecule has 2 aromatic rings. The molecule has 1 atom stereocenters. The Bertz CT molecular complexity index is 553. The molecule has 0 heterocycles. The predicted molar refractivity (Wildman–Crippen MR) is 89.4 cm³/mol. The van der Waals surface area contributed by atoms with E-state index >= 15 is 0 Å². The largest absolute Gasteiger partial charge is 0.497 e. The van der Waals surface area contributed by atoms with Gasteiger partial charge in [0.1, 0.15) is 5.75 Å². The van der Waals surface area contributed by atoms with Crippen LogP contribution in [0.5, 0.6) is 5.75 Å². The highest BCUT2D eigenvalue weighted by Crippen LogP contribution is 2.24. The van der Waals surface area contributed by atoms with Crippen molar-refractivity contribution in [2.75, 3.05) is 20.2 Å². The monoisotopic (exact) mass is 303 g/mol. The maximum Gasteiger partial charge on any atom is 0.119 e. The summed E-state index contributed by atoms with van der Waals surface area (Å²) < 4.78 is 5.31. The van der Waals surface area contributed by atoms with Crippen molar-refractivity contribution >= 4 is 11.6 Å². The Hall–Kier alpha value is -1.51. The molecule has 0 aliphatic carbocycles. The highest BCUT2D eigenvalue weighted by atomic mass is 35.5. The molecule has 0 saturated heterocycles. The fourth-order valence-corrected chi connectivity index (χ4v) is 2.57. The van der Waals surface area contributed by atoms with Gasteiger partial charge in [0, 0.05) is 17.5 Å². The molecule has 112 valence electrons. The van der Waals surface area contributed by atoms with Gasteiger partial charge in [0.05, 0.1) is 7.11 Å². The van der Waals surface area contributed by atoms with Crippen LogP contribution in [0.3, 0.4) is 0 Å². The van der Waals surface area contributed by atoms with Gasteiger partial charge in [0.2, 0.25) is 0 Å². The number of hydrogen-bond acceptors (Lipinski definition) is 2. The summed E-state index contributed by atoms with van der Waals surface area (Å²) in [5.74, 6) is 1.33. The number of benzene rings is 2. The Balaban J connectivity index is 2.17. The zero-order valence-electron chi connectivity index (χ0n) is 12.6. The van der Waals surface area contributed by atoms with Gasteiger partial charge < -0.3 is 10.1 Å². The van der Waals surface area contributed by atoms with Gasteiger partial charge >= 0.3 is 0 Å². The van der Waals surface area contributed by atoms with Crippen molar-refractivity contribution in [3.63, 3.8) is 0 Å². The van der Waals surface area contributed by atoms with Crippen LogP contribution in [-0.4, -0.2) is 20.2 Å². The molecule has 0 saturated carbocycles. The average molecular weight is 304 g/mol. The van der Waals surface area contributed by atoms with Crippen LogP contribution < -0.4 is 10.1 Å². The van der Waals surface area contributed by atoms with Crippen LogP contribution in [-0.2, 0) is 6.42 Å². The van der Waals surface area contributed by atoms with Crippen LogP contribution in [0.25, 0.3) is 0 Å². The number of likely N-dealkylation sites (N-methyl/N-ethyl adjacent to an activating group) is 1. The SMILES string of the molecule is CCNCC(Cc1cccc(OC)c1)c1ccc(Cl)cc1. The van der Waals surface area contributed by atoms with Crippen molar-refractivity contribution in [3.8, 4) is 5.75 Å². The smallest absolute Gasteiger partial charge is 0.119 e. The third-order valence-electron chi connectivity index (χ3n) is 3.60. The molecular formula is C18H22ClNO. The molecule has 0 aliphatic heterocycles. The van der Waals surface area contributed by atoms with Crippen molar-refractivity contribution in [1.82, 2.24) is 5.32 Å². The Morgan fingerprint density at radius 2 is 1.90 bits per heavy atom. The van der Waals surface area contributed by atoms with Gasteiger partial charge in [-0.25, -0.2) is 0 Å². The number of nitrogens with one attached hydrogen (secondary N) is 1. The van der Waals surface area contributed by atoms with Crippen molar-refractivity contribution in [2.24, 2.45) is 0 Å². The lowest BCUT2D eigenvalue weighted by Gasteiger charge is -2.18. The van der Waals surface area contributed by atoms with Gasteiger partial charge in [-0.3, -0.25) is 0 Å². The summed E-state index contributed by atoms with van der Waals surface area (Å²) in [4.78, 5) is 0. The average Bonchev–Trinajstić information content (AvgIpc) is 2.52. The van der Waals surface area contributed by atoms with Gasteiger partial charge in [-0.05, 0) is 48.4 Å². The second kappa shape index (κ2) is 8.06. The van der Waals surface area contributed by atoms with E-state index in [4.69, 9.17) is 16.3 Å². The van der Waals surface area contributed by atoms with Crippen LogP contribution in [0.2, 0.25) is 5.02 Å². The number of halogens is 1. The normalized spacial score (nSPS) is 12.1. The van der Waals surface area contributed by atoms with E-state index in [1.54, 1.807) is 7.11 Å². The third kappa shape index (κ3) is 4.76. The highest BCUT2D eigenvalue weighted by molar-refractivity contribution is 6.30. The second-order valence-electron chi connectivity index (χ2n) is 5.11. The first-order chi connectivity index (χ1) is 10.2. The van der Waals surface area contributed by atoms with E-state index in [-0.39, 0.29) is 0 Å². The topological polar surface area (TPSA) is 21.3 Å². The minimum absolute atomic E-state index is 0.425. The first-order valence-electron chi connectivity index (χ1n) is 7.32. The van der Waals surface area contributed by atoms with Crippen molar-refractivity contribution in [2.45, 2.75) is 19.3 Å². The summed E-state index contributed by atoms with van der Waals surface area (Å²) in [5.41, 5.74) is 2.59. The molecule has 2 aromatic carbocycles. The highest BCUT2D eigenvalue weighted by Gasteiger charge is 2.12. The first kappa shape index (κ1) is 15.9. The van der Waals surface area contributed by atoms with Crippen LogP contribution in [0.4, 0.5) is 0 Å². The standard InChI is InChI=1S/C18H22ClNO/c1-3-20-13-16(15-7-9-17(19)10-8-15)11-14-5-4-6-18(12-14)21-2/h4-10,12,16,20H,3,11,13H2,1-2H3. The maximum atomic E-state index is 5.99. The van der Waals surface area contributed by atoms with E-state index in [1.165, 1.54) is 11.1 Å². The molecule has 3 heteroatoms. The molecule has 0 radical (unpaired) electrons. The lowest BCUT2D eigenvalue weighted by molar-refractivity contribution is 0.414. The number of ether oxygens (including phenoxy) is 1. The predicted octanol–water partition coefficient (Wildman–Crippen LogP) is 4.28. The van der Waals surface area contributed by atoms with E-state index in [0.717, 1.165) is 30.3 Å². The zero-order valence-corrected chi connectivity index (χ0v) is 13.4. The second-order valence-corrected chi connectivity index (χ2v) is 5.55. The van der Waals surface area contributed by atoms with Crippen molar-refractivity contribution in [1.29, 1.82) is 0 Å². The summed E-state index contributed by atoms with van der Waals surface area (Å²) in [5, 5.41) is 4.23. The van der Waals surface area contributed by atoms with E-state index < -0.39 is 0 Å². The third-order valence-corrected chi connectivity index (χ3v) is 3.85. The van der Waals surface area contributed by atoms with Crippen molar-refractivity contribution < 1.29 is 4.74 Å². The fraction of sp³-hybridized carbons (Fsp3) is 0.333.